The third kappa shape index (κ3) is 3.31. The molecular formula is C14H20N6O. The predicted molar refractivity (Wildman–Crippen MR) is 81.5 cm³/mol. The molecule has 21 heavy (non-hydrogen) atoms. The van der Waals surface area contributed by atoms with Crippen molar-refractivity contribution in [2.75, 3.05) is 11.9 Å². The van der Waals surface area contributed by atoms with Gasteiger partial charge in [-0.3, -0.25) is 0 Å². The standard InChI is InChI=1S/C14H20N6O/c1-10(2)20-13(16-9-17-20)8-19(3)12-6-4-5-11(7-12)14(15)18-21/h4-7,9-10,21H,8H2,1-3H3,(H2,15,18). The van der Waals surface area contributed by atoms with Crippen LogP contribution in [0.4, 0.5) is 5.69 Å². The van der Waals surface area contributed by atoms with Crippen molar-refractivity contribution in [2.24, 2.45) is 10.9 Å². The zero-order chi connectivity index (χ0) is 15.4. The number of hydrogen-bond donors (Lipinski definition) is 2. The van der Waals surface area contributed by atoms with E-state index in [4.69, 9.17) is 10.9 Å². The fourth-order valence-electron chi connectivity index (χ4n) is 2.08. The van der Waals surface area contributed by atoms with E-state index < -0.39 is 0 Å². The van der Waals surface area contributed by atoms with Crippen molar-refractivity contribution in [3.63, 3.8) is 0 Å². The lowest BCUT2D eigenvalue weighted by Gasteiger charge is -2.20. The molecular weight excluding hydrogens is 268 g/mol. The normalized spacial score (nSPS) is 11.9. The summed E-state index contributed by atoms with van der Waals surface area (Å²) in [5, 5.41) is 16.0. The van der Waals surface area contributed by atoms with E-state index in [2.05, 4.69) is 29.1 Å². The fraction of sp³-hybridized carbons (Fsp3) is 0.357. The van der Waals surface area contributed by atoms with E-state index in [-0.39, 0.29) is 11.9 Å². The van der Waals surface area contributed by atoms with E-state index >= 15 is 0 Å². The van der Waals surface area contributed by atoms with Gasteiger partial charge in [-0.1, -0.05) is 17.3 Å². The van der Waals surface area contributed by atoms with E-state index in [1.54, 1.807) is 12.4 Å². The van der Waals surface area contributed by atoms with Crippen LogP contribution in [0.15, 0.2) is 35.7 Å². The average Bonchev–Trinajstić information content (AvgIpc) is 2.94. The van der Waals surface area contributed by atoms with Crippen LogP contribution in [0.1, 0.15) is 31.3 Å². The zero-order valence-electron chi connectivity index (χ0n) is 12.4. The molecule has 0 aliphatic heterocycles. The van der Waals surface area contributed by atoms with Gasteiger partial charge in [-0.15, -0.1) is 0 Å². The molecule has 0 saturated heterocycles. The topological polar surface area (TPSA) is 92.6 Å². The lowest BCUT2D eigenvalue weighted by molar-refractivity contribution is 0.318. The van der Waals surface area contributed by atoms with Crippen LogP contribution < -0.4 is 10.6 Å². The number of anilines is 1. The van der Waals surface area contributed by atoms with Crippen molar-refractivity contribution in [1.29, 1.82) is 0 Å². The summed E-state index contributed by atoms with van der Waals surface area (Å²) in [5.41, 5.74) is 7.25. The van der Waals surface area contributed by atoms with Crippen molar-refractivity contribution in [3.05, 3.63) is 42.0 Å². The number of benzene rings is 1. The largest absolute Gasteiger partial charge is 0.409 e. The van der Waals surface area contributed by atoms with Gasteiger partial charge in [-0.2, -0.15) is 5.10 Å². The maximum absolute atomic E-state index is 8.75. The lowest BCUT2D eigenvalue weighted by atomic mass is 10.2. The SMILES string of the molecule is CC(C)n1ncnc1CN(C)c1cccc(C(N)=NO)c1. The summed E-state index contributed by atoms with van der Waals surface area (Å²) in [5.74, 6) is 0.984. The van der Waals surface area contributed by atoms with E-state index in [9.17, 15) is 0 Å². The van der Waals surface area contributed by atoms with Gasteiger partial charge in [-0.05, 0) is 26.0 Å². The van der Waals surface area contributed by atoms with Gasteiger partial charge in [0.05, 0.1) is 6.54 Å². The predicted octanol–water partition coefficient (Wildman–Crippen LogP) is 1.59. The molecule has 1 heterocycles. The van der Waals surface area contributed by atoms with Crippen LogP contribution in [0.2, 0.25) is 0 Å². The summed E-state index contributed by atoms with van der Waals surface area (Å²) in [6.45, 7) is 4.76. The summed E-state index contributed by atoms with van der Waals surface area (Å²) < 4.78 is 1.89. The first kappa shape index (κ1) is 14.8. The van der Waals surface area contributed by atoms with Gasteiger partial charge in [0.1, 0.15) is 12.2 Å². The molecule has 3 N–H and O–H groups in total. The Morgan fingerprint density at radius 1 is 1.48 bits per heavy atom. The molecule has 0 aliphatic rings. The molecule has 112 valence electrons. The highest BCUT2D eigenvalue weighted by molar-refractivity contribution is 5.97. The number of nitrogens with zero attached hydrogens (tertiary/aromatic N) is 5. The first-order chi connectivity index (χ1) is 10.0. The Kier molecular flexibility index (Phi) is 4.42. The van der Waals surface area contributed by atoms with Gasteiger partial charge in [0.15, 0.2) is 5.84 Å². The summed E-state index contributed by atoms with van der Waals surface area (Å²) in [6, 6.07) is 7.75. The van der Waals surface area contributed by atoms with Crippen LogP contribution in [0.5, 0.6) is 0 Å². The first-order valence-corrected chi connectivity index (χ1v) is 6.70. The Morgan fingerprint density at radius 2 is 2.24 bits per heavy atom. The molecule has 2 rings (SSSR count). The Hall–Kier alpha value is -2.57. The minimum absolute atomic E-state index is 0.0931. The zero-order valence-corrected chi connectivity index (χ0v) is 12.4. The van der Waals surface area contributed by atoms with Crippen molar-refractivity contribution in [1.82, 2.24) is 14.8 Å². The molecule has 0 aliphatic carbocycles. The minimum atomic E-state index is 0.0931. The molecule has 7 heteroatoms. The van der Waals surface area contributed by atoms with E-state index in [1.807, 2.05) is 34.8 Å². The van der Waals surface area contributed by atoms with Gasteiger partial charge in [0, 0.05) is 24.3 Å². The quantitative estimate of drug-likeness (QED) is 0.377. The smallest absolute Gasteiger partial charge is 0.170 e. The monoisotopic (exact) mass is 288 g/mol. The molecule has 0 spiro atoms. The van der Waals surface area contributed by atoms with Gasteiger partial charge in [0.25, 0.3) is 0 Å². The molecule has 0 atom stereocenters. The summed E-state index contributed by atoms with van der Waals surface area (Å²) in [7, 11) is 1.96. The second-order valence-electron chi connectivity index (χ2n) is 5.11. The Labute approximate surface area is 123 Å². The van der Waals surface area contributed by atoms with E-state index in [0.29, 0.717) is 12.1 Å². The second kappa shape index (κ2) is 6.25. The van der Waals surface area contributed by atoms with Crippen molar-refractivity contribution in [2.45, 2.75) is 26.4 Å². The van der Waals surface area contributed by atoms with Gasteiger partial charge in [0.2, 0.25) is 0 Å². The van der Waals surface area contributed by atoms with Gasteiger partial charge < -0.3 is 15.8 Å². The highest BCUT2D eigenvalue weighted by Crippen LogP contribution is 2.17. The molecule has 0 bridgehead atoms. The van der Waals surface area contributed by atoms with Crippen LogP contribution in [0.3, 0.4) is 0 Å². The second-order valence-corrected chi connectivity index (χ2v) is 5.11. The van der Waals surface area contributed by atoms with Gasteiger partial charge in [-0.25, -0.2) is 9.67 Å². The van der Waals surface area contributed by atoms with Gasteiger partial charge >= 0.3 is 0 Å². The highest BCUT2D eigenvalue weighted by Gasteiger charge is 2.11. The van der Waals surface area contributed by atoms with Crippen molar-refractivity contribution >= 4 is 11.5 Å². The lowest BCUT2D eigenvalue weighted by Crippen LogP contribution is -2.21. The molecule has 7 nitrogen and oxygen atoms in total. The molecule has 0 amide bonds. The van der Waals surface area contributed by atoms with Crippen molar-refractivity contribution in [3.8, 4) is 0 Å². The van der Waals surface area contributed by atoms with Crippen LogP contribution in [0.25, 0.3) is 0 Å². The minimum Gasteiger partial charge on any atom is -0.409 e. The van der Waals surface area contributed by atoms with Crippen LogP contribution in [-0.2, 0) is 6.54 Å². The molecule has 0 fully saturated rings. The highest BCUT2D eigenvalue weighted by atomic mass is 16.4. The molecule has 2 aromatic rings. The molecule has 0 saturated carbocycles. The first-order valence-electron chi connectivity index (χ1n) is 6.70. The molecule has 0 radical (unpaired) electrons. The maximum Gasteiger partial charge on any atom is 0.170 e. The molecule has 0 unspecified atom stereocenters. The number of nitrogens with two attached hydrogens (primary N) is 1. The Bertz CT molecular complexity index is 634. The summed E-state index contributed by atoms with van der Waals surface area (Å²) in [6.07, 6.45) is 1.57. The van der Waals surface area contributed by atoms with Crippen molar-refractivity contribution < 1.29 is 5.21 Å². The van der Waals surface area contributed by atoms with E-state index in [1.165, 1.54) is 0 Å². The third-order valence-corrected chi connectivity index (χ3v) is 3.21. The number of hydrogen-bond acceptors (Lipinski definition) is 5. The summed E-state index contributed by atoms with van der Waals surface area (Å²) in [4.78, 5) is 6.34. The number of oxime groups is 1. The maximum atomic E-state index is 8.75. The average molecular weight is 288 g/mol. The van der Waals surface area contributed by atoms with Crippen LogP contribution >= 0.6 is 0 Å². The Balaban J connectivity index is 2.20. The number of aromatic nitrogens is 3. The third-order valence-electron chi connectivity index (χ3n) is 3.21. The fourth-order valence-corrected chi connectivity index (χ4v) is 2.08. The van der Waals surface area contributed by atoms with Crippen LogP contribution in [-0.4, -0.2) is 32.9 Å². The molecule has 1 aromatic heterocycles. The molecule has 1 aromatic carbocycles. The van der Waals surface area contributed by atoms with Crippen LogP contribution in [0, 0.1) is 0 Å². The van der Waals surface area contributed by atoms with E-state index in [0.717, 1.165) is 11.5 Å². The number of rotatable bonds is 5. The Morgan fingerprint density at radius 3 is 2.90 bits per heavy atom. The summed E-state index contributed by atoms with van der Waals surface area (Å²) >= 11 is 0. The number of amidine groups is 1.